The number of hydrogen-bond acceptors (Lipinski definition) is 5. The lowest BCUT2D eigenvalue weighted by atomic mass is 10.1. The van der Waals surface area contributed by atoms with Crippen molar-refractivity contribution >= 4 is 39.3 Å². The standard InChI is InChI=1S/C20H21BrN4O2S/c1-13-5-4-6-14(2)19(13)27-11-17-23-24-20(25(17)3)28-12-18(26)22-16-9-7-15(21)8-10-16/h4-10H,11-12H2,1-3H3,(H,22,26). The second kappa shape index (κ2) is 9.25. The number of aromatic nitrogens is 3. The number of anilines is 1. The van der Waals surface area contributed by atoms with Crippen molar-refractivity contribution in [3.05, 3.63) is 63.9 Å². The van der Waals surface area contributed by atoms with Gasteiger partial charge in [0, 0.05) is 17.2 Å². The normalized spacial score (nSPS) is 10.7. The fourth-order valence-corrected chi connectivity index (χ4v) is 3.61. The number of nitrogens with one attached hydrogen (secondary N) is 1. The minimum Gasteiger partial charge on any atom is -0.485 e. The first-order valence-corrected chi connectivity index (χ1v) is 10.5. The molecule has 0 radical (unpaired) electrons. The second-order valence-corrected chi connectivity index (χ2v) is 8.17. The molecule has 0 aliphatic heterocycles. The van der Waals surface area contributed by atoms with Gasteiger partial charge >= 0.3 is 0 Å². The number of carbonyl (C=O) groups is 1. The van der Waals surface area contributed by atoms with Crippen molar-refractivity contribution in [2.24, 2.45) is 7.05 Å². The van der Waals surface area contributed by atoms with Gasteiger partial charge in [0.05, 0.1) is 5.75 Å². The zero-order chi connectivity index (χ0) is 20.1. The van der Waals surface area contributed by atoms with Crippen LogP contribution < -0.4 is 10.1 Å². The molecule has 28 heavy (non-hydrogen) atoms. The minimum atomic E-state index is -0.0938. The molecule has 3 rings (SSSR count). The van der Waals surface area contributed by atoms with E-state index < -0.39 is 0 Å². The highest BCUT2D eigenvalue weighted by molar-refractivity contribution is 9.10. The van der Waals surface area contributed by atoms with E-state index in [4.69, 9.17) is 4.74 Å². The summed E-state index contributed by atoms with van der Waals surface area (Å²) in [6, 6.07) is 13.5. The van der Waals surface area contributed by atoms with Crippen molar-refractivity contribution in [1.29, 1.82) is 0 Å². The van der Waals surface area contributed by atoms with Gasteiger partial charge in [0.15, 0.2) is 11.0 Å². The Labute approximate surface area is 176 Å². The number of aryl methyl sites for hydroxylation is 2. The average Bonchev–Trinajstić information content (AvgIpc) is 3.01. The number of rotatable bonds is 7. The molecule has 0 saturated carbocycles. The third-order valence-corrected chi connectivity index (χ3v) is 5.69. The summed E-state index contributed by atoms with van der Waals surface area (Å²) in [7, 11) is 1.87. The van der Waals surface area contributed by atoms with Crippen molar-refractivity contribution in [3.8, 4) is 5.75 Å². The highest BCUT2D eigenvalue weighted by atomic mass is 79.9. The number of hydrogen-bond donors (Lipinski definition) is 1. The van der Waals surface area contributed by atoms with Crippen molar-refractivity contribution in [1.82, 2.24) is 14.8 Å². The van der Waals surface area contributed by atoms with Gasteiger partial charge in [-0.1, -0.05) is 45.9 Å². The summed E-state index contributed by atoms with van der Waals surface area (Å²) in [6.45, 7) is 4.36. The summed E-state index contributed by atoms with van der Waals surface area (Å²) in [5, 5.41) is 11.9. The van der Waals surface area contributed by atoms with Crippen LogP contribution in [0.1, 0.15) is 17.0 Å². The van der Waals surface area contributed by atoms with Gasteiger partial charge in [-0.05, 0) is 49.2 Å². The average molecular weight is 461 g/mol. The molecule has 2 aromatic carbocycles. The third-order valence-electron chi connectivity index (χ3n) is 4.14. The van der Waals surface area contributed by atoms with Crippen LogP contribution >= 0.6 is 27.7 Å². The molecule has 0 unspecified atom stereocenters. The van der Waals surface area contributed by atoms with Gasteiger partial charge < -0.3 is 14.6 Å². The zero-order valence-electron chi connectivity index (χ0n) is 15.9. The summed E-state index contributed by atoms with van der Waals surface area (Å²) < 4.78 is 8.77. The summed E-state index contributed by atoms with van der Waals surface area (Å²) in [5.74, 6) is 1.73. The molecule has 0 bridgehead atoms. The largest absolute Gasteiger partial charge is 0.485 e. The van der Waals surface area contributed by atoms with Crippen LogP contribution in [0.5, 0.6) is 5.75 Å². The Balaban J connectivity index is 1.55. The predicted octanol–water partition coefficient (Wildman–Crippen LogP) is 4.50. The quantitative estimate of drug-likeness (QED) is 0.525. The van der Waals surface area contributed by atoms with Gasteiger partial charge in [0.1, 0.15) is 12.4 Å². The Morgan fingerprint density at radius 2 is 1.82 bits per heavy atom. The molecule has 0 fully saturated rings. The first-order valence-electron chi connectivity index (χ1n) is 8.69. The van der Waals surface area contributed by atoms with Gasteiger partial charge in [0.25, 0.3) is 0 Å². The molecule has 1 heterocycles. The van der Waals surface area contributed by atoms with Gasteiger partial charge in [-0.15, -0.1) is 10.2 Å². The molecule has 0 aliphatic rings. The Morgan fingerprint density at radius 1 is 1.14 bits per heavy atom. The molecular formula is C20H21BrN4O2S. The molecule has 0 spiro atoms. The SMILES string of the molecule is Cc1cccc(C)c1OCc1nnc(SCC(=O)Nc2ccc(Br)cc2)n1C. The van der Waals surface area contributed by atoms with E-state index in [1.54, 1.807) is 0 Å². The van der Waals surface area contributed by atoms with Crippen molar-refractivity contribution in [2.75, 3.05) is 11.1 Å². The molecule has 0 aliphatic carbocycles. The van der Waals surface area contributed by atoms with Crippen LogP contribution in [0.3, 0.4) is 0 Å². The number of thioether (sulfide) groups is 1. The molecule has 3 aromatic rings. The monoisotopic (exact) mass is 460 g/mol. The van der Waals surface area contributed by atoms with E-state index in [0.717, 1.165) is 27.0 Å². The first kappa shape index (κ1) is 20.4. The molecule has 0 atom stereocenters. The number of nitrogens with zero attached hydrogens (tertiary/aromatic N) is 3. The maximum absolute atomic E-state index is 12.1. The topological polar surface area (TPSA) is 69.0 Å². The molecule has 146 valence electrons. The van der Waals surface area contributed by atoms with Crippen LogP contribution in [0.15, 0.2) is 52.1 Å². The lowest BCUT2D eigenvalue weighted by Gasteiger charge is -2.11. The van der Waals surface area contributed by atoms with Gasteiger partial charge in [0.2, 0.25) is 5.91 Å². The molecular weight excluding hydrogens is 440 g/mol. The van der Waals surface area contributed by atoms with E-state index in [0.29, 0.717) is 17.6 Å². The number of para-hydroxylation sites is 1. The van der Waals surface area contributed by atoms with E-state index in [-0.39, 0.29) is 11.7 Å². The van der Waals surface area contributed by atoms with Crippen LogP contribution in [0.25, 0.3) is 0 Å². The Morgan fingerprint density at radius 3 is 2.50 bits per heavy atom. The fourth-order valence-electron chi connectivity index (χ4n) is 2.62. The molecule has 1 amide bonds. The molecule has 6 nitrogen and oxygen atoms in total. The van der Waals surface area contributed by atoms with Crippen molar-refractivity contribution in [2.45, 2.75) is 25.6 Å². The van der Waals surface area contributed by atoms with Crippen LogP contribution in [0.2, 0.25) is 0 Å². The Bertz CT molecular complexity index is 953. The Hall–Kier alpha value is -2.32. The van der Waals surface area contributed by atoms with Gasteiger partial charge in [-0.3, -0.25) is 4.79 Å². The summed E-state index contributed by atoms with van der Waals surface area (Å²) in [5.41, 5.74) is 2.93. The smallest absolute Gasteiger partial charge is 0.234 e. The summed E-state index contributed by atoms with van der Waals surface area (Å²) in [6.07, 6.45) is 0. The molecule has 1 N–H and O–H groups in total. The number of halogens is 1. The zero-order valence-corrected chi connectivity index (χ0v) is 18.3. The number of carbonyl (C=O) groups excluding carboxylic acids is 1. The molecule has 8 heteroatoms. The van der Waals surface area contributed by atoms with Gasteiger partial charge in [-0.2, -0.15) is 0 Å². The highest BCUT2D eigenvalue weighted by Crippen LogP contribution is 2.24. The van der Waals surface area contributed by atoms with E-state index >= 15 is 0 Å². The van der Waals surface area contributed by atoms with E-state index in [9.17, 15) is 4.79 Å². The second-order valence-electron chi connectivity index (χ2n) is 6.31. The van der Waals surface area contributed by atoms with Crippen LogP contribution in [0, 0.1) is 13.8 Å². The van der Waals surface area contributed by atoms with E-state index in [1.807, 2.05) is 67.9 Å². The lowest BCUT2D eigenvalue weighted by Crippen LogP contribution is -2.14. The highest BCUT2D eigenvalue weighted by Gasteiger charge is 2.13. The van der Waals surface area contributed by atoms with Gasteiger partial charge in [-0.25, -0.2) is 0 Å². The lowest BCUT2D eigenvalue weighted by molar-refractivity contribution is -0.113. The Kier molecular flexibility index (Phi) is 6.74. The third kappa shape index (κ3) is 5.14. The van der Waals surface area contributed by atoms with Crippen LogP contribution in [-0.2, 0) is 18.4 Å². The first-order chi connectivity index (χ1) is 13.4. The predicted molar refractivity (Wildman–Crippen MR) is 115 cm³/mol. The molecule has 0 saturated heterocycles. The molecule has 1 aromatic heterocycles. The van der Waals surface area contributed by atoms with E-state index in [1.165, 1.54) is 11.8 Å². The summed E-state index contributed by atoms with van der Waals surface area (Å²) >= 11 is 4.71. The fraction of sp³-hybridized carbons (Fsp3) is 0.250. The number of ether oxygens (including phenoxy) is 1. The van der Waals surface area contributed by atoms with Crippen molar-refractivity contribution < 1.29 is 9.53 Å². The number of benzene rings is 2. The number of amides is 1. The summed E-state index contributed by atoms with van der Waals surface area (Å²) in [4.78, 5) is 12.1. The van der Waals surface area contributed by atoms with Crippen molar-refractivity contribution in [3.63, 3.8) is 0 Å². The minimum absolute atomic E-state index is 0.0938. The maximum atomic E-state index is 12.1. The van der Waals surface area contributed by atoms with Crippen LogP contribution in [-0.4, -0.2) is 26.4 Å². The van der Waals surface area contributed by atoms with Crippen LogP contribution in [0.4, 0.5) is 5.69 Å². The van der Waals surface area contributed by atoms with E-state index in [2.05, 4.69) is 31.4 Å². The maximum Gasteiger partial charge on any atom is 0.234 e.